The van der Waals surface area contributed by atoms with Crippen molar-refractivity contribution in [2.75, 3.05) is 5.43 Å². The third-order valence-corrected chi connectivity index (χ3v) is 2.39. The van der Waals surface area contributed by atoms with E-state index in [4.69, 9.17) is 0 Å². The average molecular weight is 242 g/mol. The summed E-state index contributed by atoms with van der Waals surface area (Å²) in [5, 5.41) is 4.18. The number of H-pyrrole nitrogens is 1. The van der Waals surface area contributed by atoms with Gasteiger partial charge in [-0.25, -0.2) is 10.4 Å². The maximum atomic E-state index is 11.2. The molecule has 5 heteroatoms. The highest BCUT2D eigenvalue weighted by atomic mass is 16.1. The van der Waals surface area contributed by atoms with Gasteiger partial charge in [-0.15, -0.1) is 0 Å². The summed E-state index contributed by atoms with van der Waals surface area (Å²) in [5.74, 6) is 0.343. The number of aromatic nitrogens is 2. The van der Waals surface area contributed by atoms with Crippen molar-refractivity contribution < 1.29 is 0 Å². The van der Waals surface area contributed by atoms with Crippen LogP contribution in [0.2, 0.25) is 0 Å². The minimum absolute atomic E-state index is 0.197. The topological polar surface area (TPSA) is 70.1 Å². The third-order valence-electron chi connectivity index (χ3n) is 2.39. The Morgan fingerprint density at radius 3 is 2.72 bits per heavy atom. The van der Waals surface area contributed by atoms with E-state index in [1.807, 2.05) is 37.3 Å². The summed E-state index contributed by atoms with van der Waals surface area (Å²) in [5.41, 5.74) is 5.03. The van der Waals surface area contributed by atoms with Crippen molar-refractivity contribution in [2.24, 2.45) is 5.10 Å². The summed E-state index contributed by atoms with van der Waals surface area (Å²) < 4.78 is 0. The van der Waals surface area contributed by atoms with Crippen molar-refractivity contribution in [3.8, 4) is 0 Å². The highest BCUT2D eigenvalue weighted by Gasteiger charge is 1.98. The summed E-state index contributed by atoms with van der Waals surface area (Å²) in [6, 6.07) is 11.2. The Morgan fingerprint density at radius 2 is 2.06 bits per heavy atom. The van der Waals surface area contributed by atoms with E-state index >= 15 is 0 Å². The largest absolute Gasteiger partial charge is 0.291 e. The lowest BCUT2D eigenvalue weighted by Crippen LogP contribution is -2.11. The predicted octanol–water partition coefficient (Wildman–Crippen LogP) is 1.91. The number of rotatable bonds is 3. The van der Waals surface area contributed by atoms with Crippen LogP contribution in [0.5, 0.6) is 0 Å². The standard InChI is InChI=1S/C13H14N4O/c1-9-8-12(18)15-13(14-9)17-16-10(2)11-6-4-3-5-7-11/h3-8H,1-2H3,(H2,14,15,17,18)/b16-10-. The van der Waals surface area contributed by atoms with Crippen LogP contribution < -0.4 is 11.0 Å². The van der Waals surface area contributed by atoms with E-state index in [0.717, 1.165) is 11.3 Å². The molecule has 0 saturated carbocycles. The van der Waals surface area contributed by atoms with E-state index in [-0.39, 0.29) is 5.56 Å². The van der Waals surface area contributed by atoms with Crippen molar-refractivity contribution in [1.29, 1.82) is 0 Å². The van der Waals surface area contributed by atoms with Gasteiger partial charge in [-0.05, 0) is 19.4 Å². The normalized spacial score (nSPS) is 11.3. The van der Waals surface area contributed by atoms with Gasteiger partial charge in [0.2, 0.25) is 5.95 Å². The number of hydrogen-bond acceptors (Lipinski definition) is 4. The monoisotopic (exact) mass is 242 g/mol. The fourth-order valence-electron chi connectivity index (χ4n) is 1.51. The number of benzene rings is 1. The smallest absolute Gasteiger partial charge is 0.252 e. The van der Waals surface area contributed by atoms with Gasteiger partial charge in [-0.3, -0.25) is 9.78 Å². The van der Waals surface area contributed by atoms with Gasteiger partial charge in [0.1, 0.15) is 0 Å². The number of anilines is 1. The molecule has 2 aromatic rings. The van der Waals surface area contributed by atoms with Crippen LogP contribution in [-0.2, 0) is 0 Å². The van der Waals surface area contributed by atoms with Gasteiger partial charge >= 0.3 is 0 Å². The molecule has 92 valence electrons. The van der Waals surface area contributed by atoms with Crippen molar-refractivity contribution >= 4 is 11.7 Å². The molecular weight excluding hydrogens is 228 g/mol. The van der Waals surface area contributed by atoms with Crippen molar-refractivity contribution in [1.82, 2.24) is 9.97 Å². The van der Waals surface area contributed by atoms with E-state index in [1.54, 1.807) is 6.92 Å². The lowest BCUT2D eigenvalue weighted by molar-refractivity contribution is 1.04. The molecule has 0 bridgehead atoms. The molecule has 18 heavy (non-hydrogen) atoms. The van der Waals surface area contributed by atoms with E-state index in [0.29, 0.717) is 11.6 Å². The Bertz CT molecular complexity index is 616. The van der Waals surface area contributed by atoms with E-state index in [2.05, 4.69) is 20.5 Å². The zero-order valence-corrected chi connectivity index (χ0v) is 10.3. The molecule has 0 saturated heterocycles. The molecule has 2 N–H and O–H groups in total. The van der Waals surface area contributed by atoms with Crippen LogP contribution in [-0.4, -0.2) is 15.7 Å². The minimum atomic E-state index is -0.197. The Kier molecular flexibility index (Phi) is 3.52. The molecule has 1 aromatic heterocycles. The van der Waals surface area contributed by atoms with Gasteiger partial charge in [-0.1, -0.05) is 30.3 Å². The molecule has 0 atom stereocenters. The number of nitrogens with zero attached hydrogens (tertiary/aromatic N) is 2. The number of aromatic amines is 1. The fraction of sp³-hybridized carbons (Fsp3) is 0.154. The zero-order chi connectivity index (χ0) is 13.0. The van der Waals surface area contributed by atoms with Crippen molar-refractivity contribution in [3.05, 3.63) is 58.0 Å². The van der Waals surface area contributed by atoms with Gasteiger partial charge in [0.15, 0.2) is 0 Å². The number of aryl methyl sites for hydroxylation is 1. The highest BCUT2D eigenvalue weighted by molar-refractivity contribution is 5.98. The van der Waals surface area contributed by atoms with Crippen LogP contribution in [0.15, 0.2) is 46.3 Å². The average Bonchev–Trinajstić information content (AvgIpc) is 2.36. The molecular formula is C13H14N4O. The van der Waals surface area contributed by atoms with Crippen LogP contribution in [0, 0.1) is 6.92 Å². The van der Waals surface area contributed by atoms with Gasteiger partial charge in [-0.2, -0.15) is 5.10 Å². The molecule has 0 aliphatic rings. The maximum absolute atomic E-state index is 11.2. The van der Waals surface area contributed by atoms with Crippen LogP contribution in [0.3, 0.4) is 0 Å². The molecule has 2 rings (SSSR count). The van der Waals surface area contributed by atoms with Gasteiger partial charge < -0.3 is 0 Å². The molecule has 0 spiro atoms. The molecule has 5 nitrogen and oxygen atoms in total. The maximum Gasteiger partial charge on any atom is 0.252 e. The third kappa shape index (κ3) is 3.04. The first-order chi connectivity index (χ1) is 8.65. The Morgan fingerprint density at radius 1 is 1.33 bits per heavy atom. The minimum Gasteiger partial charge on any atom is -0.291 e. The summed E-state index contributed by atoms with van der Waals surface area (Å²) in [6.45, 7) is 3.64. The molecule has 0 radical (unpaired) electrons. The van der Waals surface area contributed by atoms with Crippen LogP contribution in [0.1, 0.15) is 18.2 Å². The van der Waals surface area contributed by atoms with E-state index < -0.39 is 0 Å². The van der Waals surface area contributed by atoms with Gasteiger partial charge in [0.05, 0.1) is 5.71 Å². The lowest BCUT2D eigenvalue weighted by Gasteiger charge is -2.03. The zero-order valence-electron chi connectivity index (χ0n) is 10.3. The van der Waals surface area contributed by atoms with Crippen LogP contribution in [0.4, 0.5) is 5.95 Å². The quantitative estimate of drug-likeness (QED) is 0.638. The van der Waals surface area contributed by atoms with Gasteiger partial charge in [0.25, 0.3) is 5.56 Å². The number of hydrazone groups is 1. The fourth-order valence-corrected chi connectivity index (χ4v) is 1.51. The van der Waals surface area contributed by atoms with Gasteiger partial charge in [0, 0.05) is 11.8 Å². The molecule has 0 fully saturated rings. The van der Waals surface area contributed by atoms with E-state index in [1.165, 1.54) is 6.07 Å². The second-order valence-corrected chi connectivity index (χ2v) is 3.91. The van der Waals surface area contributed by atoms with Crippen LogP contribution in [0.25, 0.3) is 0 Å². The Balaban J connectivity index is 2.18. The SMILES string of the molecule is C/C(=N/Nc1nc(C)cc(=O)[nH]1)c1ccccc1. The molecule has 0 amide bonds. The summed E-state index contributed by atoms with van der Waals surface area (Å²) in [7, 11) is 0. The molecule has 0 unspecified atom stereocenters. The summed E-state index contributed by atoms with van der Waals surface area (Å²) >= 11 is 0. The second kappa shape index (κ2) is 5.27. The molecule has 0 aliphatic heterocycles. The lowest BCUT2D eigenvalue weighted by atomic mass is 10.1. The molecule has 1 aromatic carbocycles. The Labute approximate surface area is 105 Å². The second-order valence-electron chi connectivity index (χ2n) is 3.91. The first-order valence-electron chi connectivity index (χ1n) is 5.59. The number of nitrogens with one attached hydrogen (secondary N) is 2. The summed E-state index contributed by atoms with van der Waals surface area (Å²) in [4.78, 5) is 17.9. The Hall–Kier alpha value is -2.43. The van der Waals surface area contributed by atoms with Crippen LogP contribution >= 0.6 is 0 Å². The predicted molar refractivity (Wildman–Crippen MR) is 71.9 cm³/mol. The summed E-state index contributed by atoms with van der Waals surface area (Å²) in [6.07, 6.45) is 0. The molecule has 0 aliphatic carbocycles. The highest BCUT2D eigenvalue weighted by Crippen LogP contribution is 2.02. The first-order valence-corrected chi connectivity index (χ1v) is 5.59. The number of hydrogen-bond donors (Lipinski definition) is 2. The van der Waals surface area contributed by atoms with E-state index in [9.17, 15) is 4.79 Å². The van der Waals surface area contributed by atoms with Crippen molar-refractivity contribution in [3.63, 3.8) is 0 Å². The first kappa shape index (κ1) is 12.0. The van der Waals surface area contributed by atoms with Crippen molar-refractivity contribution in [2.45, 2.75) is 13.8 Å². The molecule has 1 heterocycles.